The minimum atomic E-state index is -0.938. The minimum absolute atomic E-state index is 0.137. The molecule has 0 spiro atoms. The van der Waals surface area contributed by atoms with Crippen molar-refractivity contribution in [2.45, 2.75) is 44.6 Å². The van der Waals surface area contributed by atoms with E-state index in [0.717, 1.165) is 0 Å². The molecule has 1 heterocycles. The summed E-state index contributed by atoms with van der Waals surface area (Å²) in [6.07, 6.45) is -1.51. The molecular formula is C11H19NO4. The summed E-state index contributed by atoms with van der Waals surface area (Å²) in [7, 11) is 0. The zero-order chi connectivity index (χ0) is 11.9. The molecule has 0 unspecified atom stereocenters. The summed E-state index contributed by atoms with van der Waals surface area (Å²) in [6, 6.07) is -0.379. The largest absolute Gasteiger partial charge is 0.475 e. The lowest BCUT2D eigenvalue weighted by Gasteiger charge is -2.36. The van der Waals surface area contributed by atoms with Gasteiger partial charge in [-0.3, -0.25) is 0 Å². The first-order chi connectivity index (χ1) is 7.54. The molecule has 5 atom stereocenters. The molecule has 3 N–H and O–H groups in total. The molecule has 0 aromatic carbocycles. The molecule has 1 fully saturated rings. The summed E-state index contributed by atoms with van der Waals surface area (Å²) in [5.74, 6) is 0.500. The second-order valence-corrected chi connectivity index (χ2v) is 4.93. The van der Waals surface area contributed by atoms with Crippen LogP contribution in [0.25, 0.3) is 0 Å². The quantitative estimate of drug-likeness (QED) is 0.598. The zero-order valence-corrected chi connectivity index (χ0v) is 9.58. The van der Waals surface area contributed by atoms with E-state index in [1.54, 1.807) is 0 Å². The Labute approximate surface area is 94.8 Å². The Morgan fingerprint density at radius 3 is 2.62 bits per heavy atom. The molecule has 5 heteroatoms. The fourth-order valence-electron chi connectivity index (χ4n) is 2.36. The zero-order valence-electron chi connectivity index (χ0n) is 9.58. The first kappa shape index (κ1) is 11.8. The van der Waals surface area contributed by atoms with Gasteiger partial charge in [-0.15, -0.1) is 0 Å². The Kier molecular flexibility index (Phi) is 3.19. The Morgan fingerprint density at radius 1 is 1.38 bits per heavy atom. The summed E-state index contributed by atoms with van der Waals surface area (Å²) in [4.78, 5) is 4.31. The number of nitrogens with zero attached hydrogens (tertiary/aromatic N) is 1. The third-order valence-electron chi connectivity index (χ3n) is 3.38. The van der Waals surface area contributed by atoms with Gasteiger partial charge in [0.2, 0.25) is 0 Å². The maximum Gasteiger partial charge on any atom is 0.186 e. The highest BCUT2D eigenvalue weighted by Gasteiger charge is 2.47. The van der Waals surface area contributed by atoms with E-state index in [-0.39, 0.29) is 30.6 Å². The molecule has 0 amide bonds. The van der Waals surface area contributed by atoms with E-state index in [9.17, 15) is 10.2 Å². The average molecular weight is 229 g/mol. The van der Waals surface area contributed by atoms with Crippen molar-refractivity contribution in [2.24, 2.45) is 16.8 Å². The van der Waals surface area contributed by atoms with Gasteiger partial charge in [-0.1, -0.05) is 13.8 Å². The lowest BCUT2D eigenvalue weighted by atomic mass is 9.80. The number of aliphatic imine (C=N–C) groups is 1. The Morgan fingerprint density at radius 2 is 2.06 bits per heavy atom. The summed E-state index contributed by atoms with van der Waals surface area (Å²) in [5.41, 5.74) is 0. The van der Waals surface area contributed by atoms with Crippen LogP contribution in [-0.2, 0) is 4.74 Å². The third-order valence-corrected chi connectivity index (χ3v) is 3.38. The van der Waals surface area contributed by atoms with Crippen molar-refractivity contribution >= 4 is 5.90 Å². The van der Waals surface area contributed by atoms with Crippen molar-refractivity contribution in [3.63, 3.8) is 0 Å². The van der Waals surface area contributed by atoms with Crippen molar-refractivity contribution in [3.8, 4) is 0 Å². The SMILES string of the molecule is CC(C)C1=N[C@H]2[C@@H](O)[C@H](O)[C@@H](CO)C[C@H]2O1. The summed E-state index contributed by atoms with van der Waals surface area (Å²) >= 11 is 0. The minimum Gasteiger partial charge on any atom is -0.475 e. The van der Waals surface area contributed by atoms with E-state index in [0.29, 0.717) is 12.3 Å². The molecule has 1 aliphatic carbocycles. The van der Waals surface area contributed by atoms with Gasteiger partial charge in [0.25, 0.3) is 0 Å². The molecule has 0 saturated heterocycles. The van der Waals surface area contributed by atoms with Crippen molar-refractivity contribution in [1.29, 1.82) is 0 Å². The summed E-state index contributed by atoms with van der Waals surface area (Å²) < 4.78 is 5.65. The predicted molar refractivity (Wildman–Crippen MR) is 58.1 cm³/mol. The molecule has 0 bridgehead atoms. The van der Waals surface area contributed by atoms with Crippen LogP contribution in [0.3, 0.4) is 0 Å². The normalized spacial score (nSPS) is 42.9. The number of rotatable bonds is 2. The van der Waals surface area contributed by atoms with Gasteiger partial charge in [-0.25, -0.2) is 4.99 Å². The number of aliphatic hydroxyl groups excluding tert-OH is 3. The molecule has 1 saturated carbocycles. The van der Waals surface area contributed by atoms with Crippen molar-refractivity contribution in [2.75, 3.05) is 6.61 Å². The van der Waals surface area contributed by atoms with Gasteiger partial charge in [0.05, 0.1) is 6.10 Å². The second-order valence-electron chi connectivity index (χ2n) is 4.93. The highest BCUT2D eigenvalue weighted by Crippen LogP contribution is 2.33. The predicted octanol–water partition coefficient (Wildman–Crippen LogP) is -0.458. The molecule has 92 valence electrons. The van der Waals surface area contributed by atoms with Crippen LogP contribution < -0.4 is 0 Å². The van der Waals surface area contributed by atoms with Gasteiger partial charge in [-0.05, 0) is 6.42 Å². The lowest BCUT2D eigenvalue weighted by molar-refractivity contribution is -0.0949. The lowest BCUT2D eigenvalue weighted by Crippen LogP contribution is -2.52. The van der Waals surface area contributed by atoms with Crippen LogP contribution in [0.4, 0.5) is 0 Å². The highest BCUT2D eigenvalue weighted by atomic mass is 16.5. The summed E-state index contributed by atoms with van der Waals surface area (Å²) in [6.45, 7) is 3.81. The van der Waals surface area contributed by atoms with Crippen LogP contribution in [0.1, 0.15) is 20.3 Å². The summed E-state index contributed by atoms with van der Waals surface area (Å²) in [5, 5.41) is 28.8. The Bertz CT molecular complexity index is 292. The van der Waals surface area contributed by atoms with E-state index < -0.39 is 12.2 Å². The molecule has 16 heavy (non-hydrogen) atoms. The van der Waals surface area contributed by atoms with Crippen molar-refractivity contribution in [3.05, 3.63) is 0 Å². The van der Waals surface area contributed by atoms with Gasteiger partial charge in [0.15, 0.2) is 5.90 Å². The molecular weight excluding hydrogens is 210 g/mol. The van der Waals surface area contributed by atoms with Gasteiger partial charge >= 0.3 is 0 Å². The molecule has 0 aromatic heterocycles. The van der Waals surface area contributed by atoms with Gasteiger partial charge in [0.1, 0.15) is 18.2 Å². The van der Waals surface area contributed by atoms with Crippen LogP contribution in [0, 0.1) is 11.8 Å². The van der Waals surface area contributed by atoms with E-state index in [1.165, 1.54) is 0 Å². The van der Waals surface area contributed by atoms with Gasteiger partial charge in [0, 0.05) is 18.4 Å². The number of hydrogen-bond donors (Lipinski definition) is 3. The Hall–Kier alpha value is -0.650. The smallest absolute Gasteiger partial charge is 0.186 e. The van der Waals surface area contributed by atoms with Gasteiger partial charge < -0.3 is 20.1 Å². The van der Waals surface area contributed by atoms with Crippen LogP contribution in [0.2, 0.25) is 0 Å². The monoisotopic (exact) mass is 229 g/mol. The first-order valence-corrected chi connectivity index (χ1v) is 5.76. The van der Waals surface area contributed by atoms with E-state index in [2.05, 4.69) is 4.99 Å². The second kappa shape index (κ2) is 4.31. The highest BCUT2D eigenvalue weighted by molar-refractivity contribution is 5.80. The molecule has 5 nitrogen and oxygen atoms in total. The number of aliphatic hydroxyl groups is 3. The first-order valence-electron chi connectivity index (χ1n) is 5.76. The van der Waals surface area contributed by atoms with Gasteiger partial charge in [-0.2, -0.15) is 0 Å². The molecule has 2 rings (SSSR count). The molecule has 0 radical (unpaired) electrons. The van der Waals surface area contributed by atoms with Crippen molar-refractivity contribution < 1.29 is 20.1 Å². The van der Waals surface area contributed by atoms with Crippen LogP contribution >= 0.6 is 0 Å². The van der Waals surface area contributed by atoms with Crippen LogP contribution in [-0.4, -0.2) is 52.2 Å². The topological polar surface area (TPSA) is 82.3 Å². The number of hydrogen-bond acceptors (Lipinski definition) is 5. The maximum atomic E-state index is 9.90. The van der Waals surface area contributed by atoms with Crippen LogP contribution in [0.15, 0.2) is 4.99 Å². The number of fused-ring (bicyclic) bond motifs is 1. The Balaban J connectivity index is 2.14. The van der Waals surface area contributed by atoms with E-state index in [4.69, 9.17) is 9.84 Å². The number of ether oxygens (including phenoxy) is 1. The standard InChI is InChI=1S/C11H19NO4/c1-5(2)11-12-8-7(16-11)3-6(4-13)9(14)10(8)15/h5-10,13-15H,3-4H2,1-2H3/t6-,7-,8-,9-,10-/m1/s1. The maximum absolute atomic E-state index is 9.90. The fourth-order valence-corrected chi connectivity index (χ4v) is 2.36. The third kappa shape index (κ3) is 1.83. The fraction of sp³-hybridized carbons (Fsp3) is 0.909. The molecule has 0 aromatic rings. The molecule has 1 aliphatic heterocycles. The molecule has 2 aliphatic rings. The van der Waals surface area contributed by atoms with Crippen LogP contribution in [0.5, 0.6) is 0 Å². The van der Waals surface area contributed by atoms with E-state index in [1.807, 2.05) is 13.8 Å². The average Bonchev–Trinajstić information content (AvgIpc) is 2.67. The van der Waals surface area contributed by atoms with Crippen molar-refractivity contribution in [1.82, 2.24) is 0 Å². The van der Waals surface area contributed by atoms with E-state index >= 15 is 0 Å².